The first-order valence-electron chi connectivity index (χ1n) is 10.0. The zero-order chi connectivity index (χ0) is 20.6. The molecule has 1 fully saturated rings. The predicted octanol–water partition coefficient (Wildman–Crippen LogP) is 2.47. The highest BCUT2D eigenvalue weighted by Gasteiger charge is 2.21. The number of methoxy groups -OCH3 is 1. The SMILES string of the molecule is COc1cccc(C(=O)N(CCC(=O)N2CCNCC2)Cc2ccc(C)cc2)c1. The minimum atomic E-state index is -0.0995. The first-order chi connectivity index (χ1) is 14.1. The summed E-state index contributed by atoms with van der Waals surface area (Å²) in [6.07, 6.45) is 0.321. The van der Waals surface area contributed by atoms with Crippen LogP contribution >= 0.6 is 0 Å². The van der Waals surface area contributed by atoms with Crippen molar-refractivity contribution in [2.45, 2.75) is 19.9 Å². The van der Waals surface area contributed by atoms with Crippen molar-refractivity contribution in [3.05, 3.63) is 65.2 Å². The quantitative estimate of drug-likeness (QED) is 0.782. The largest absolute Gasteiger partial charge is 0.497 e. The highest BCUT2D eigenvalue weighted by atomic mass is 16.5. The van der Waals surface area contributed by atoms with Crippen LogP contribution < -0.4 is 10.1 Å². The maximum Gasteiger partial charge on any atom is 0.254 e. The highest BCUT2D eigenvalue weighted by molar-refractivity contribution is 5.94. The fourth-order valence-corrected chi connectivity index (χ4v) is 3.41. The molecule has 1 N–H and O–H groups in total. The Kier molecular flexibility index (Phi) is 7.25. The molecule has 1 heterocycles. The monoisotopic (exact) mass is 395 g/mol. The first-order valence-corrected chi connectivity index (χ1v) is 10.0. The number of ether oxygens (including phenoxy) is 1. The van der Waals surface area contributed by atoms with Gasteiger partial charge in [0, 0.05) is 51.3 Å². The van der Waals surface area contributed by atoms with Crippen LogP contribution in [0, 0.1) is 6.92 Å². The Hall–Kier alpha value is -2.86. The predicted molar refractivity (Wildman–Crippen MR) is 113 cm³/mol. The summed E-state index contributed by atoms with van der Waals surface area (Å²) in [5.41, 5.74) is 2.78. The van der Waals surface area contributed by atoms with Crippen LogP contribution in [-0.4, -0.2) is 61.4 Å². The Balaban J connectivity index is 1.73. The Labute approximate surface area is 172 Å². The molecule has 0 aromatic heterocycles. The number of benzene rings is 2. The minimum absolute atomic E-state index is 0.0962. The van der Waals surface area contributed by atoms with Gasteiger partial charge in [-0.1, -0.05) is 35.9 Å². The molecule has 0 radical (unpaired) electrons. The molecule has 2 amide bonds. The number of nitrogens with one attached hydrogen (secondary N) is 1. The van der Waals surface area contributed by atoms with Crippen molar-refractivity contribution in [2.24, 2.45) is 0 Å². The summed E-state index contributed by atoms with van der Waals surface area (Å²) in [6, 6.07) is 15.3. The fraction of sp³-hybridized carbons (Fsp3) is 0.391. The molecular weight excluding hydrogens is 366 g/mol. The Morgan fingerprint density at radius 2 is 1.83 bits per heavy atom. The van der Waals surface area contributed by atoms with E-state index in [0.29, 0.717) is 30.8 Å². The van der Waals surface area contributed by atoms with Gasteiger partial charge in [-0.15, -0.1) is 0 Å². The van der Waals surface area contributed by atoms with Gasteiger partial charge < -0.3 is 19.9 Å². The van der Waals surface area contributed by atoms with Gasteiger partial charge in [0.25, 0.3) is 5.91 Å². The Bertz CT molecular complexity index is 830. The first kappa shape index (κ1) is 20.9. The zero-order valence-corrected chi connectivity index (χ0v) is 17.2. The van der Waals surface area contributed by atoms with Gasteiger partial charge in [-0.05, 0) is 30.7 Å². The topological polar surface area (TPSA) is 61.9 Å². The second kappa shape index (κ2) is 10.1. The zero-order valence-electron chi connectivity index (χ0n) is 17.2. The second-order valence-electron chi connectivity index (χ2n) is 7.33. The van der Waals surface area contributed by atoms with E-state index < -0.39 is 0 Å². The smallest absolute Gasteiger partial charge is 0.254 e. The van der Waals surface area contributed by atoms with Crippen LogP contribution in [0.2, 0.25) is 0 Å². The molecule has 0 spiro atoms. The van der Waals surface area contributed by atoms with E-state index in [4.69, 9.17) is 4.74 Å². The summed E-state index contributed by atoms with van der Waals surface area (Å²) >= 11 is 0. The molecule has 29 heavy (non-hydrogen) atoms. The number of carbonyl (C=O) groups excluding carboxylic acids is 2. The van der Waals surface area contributed by atoms with E-state index in [1.165, 1.54) is 5.56 Å². The van der Waals surface area contributed by atoms with Gasteiger partial charge in [0.05, 0.1) is 7.11 Å². The van der Waals surface area contributed by atoms with Crippen molar-refractivity contribution in [3.8, 4) is 5.75 Å². The molecule has 0 bridgehead atoms. The molecule has 6 nitrogen and oxygen atoms in total. The number of amides is 2. The van der Waals surface area contributed by atoms with E-state index >= 15 is 0 Å². The number of hydrogen-bond donors (Lipinski definition) is 1. The van der Waals surface area contributed by atoms with Gasteiger partial charge in [0.15, 0.2) is 0 Å². The van der Waals surface area contributed by atoms with Crippen molar-refractivity contribution < 1.29 is 14.3 Å². The lowest BCUT2D eigenvalue weighted by Crippen LogP contribution is -2.47. The molecule has 0 saturated carbocycles. The van der Waals surface area contributed by atoms with E-state index in [2.05, 4.69) is 5.32 Å². The van der Waals surface area contributed by atoms with Crippen molar-refractivity contribution in [2.75, 3.05) is 39.8 Å². The minimum Gasteiger partial charge on any atom is -0.497 e. The lowest BCUT2D eigenvalue weighted by molar-refractivity contribution is -0.132. The lowest BCUT2D eigenvalue weighted by atomic mass is 10.1. The van der Waals surface area contributed by atoms with Gasteiger partial charge in [-0.3, -0.25) is 9.59 Å². The van der Waals surface area contributed by atoms with Crippen molar-refractivity contribution in [1.82, 2.24) is 15.1 Å². The number of nitrogens with zero attached hydrogens (tertiary/aromatic N) is 2. The number of hydrogen-bond acceptors (Lipinski definition) is 4. The van der Waals surface area contributed by atoms with Crippen molar-refractivity contribution >= 4 is 11.8 Å². The van der Waals surface area contributed by atoms with Gasteiger partial charge in [0.2, 0.25) is 5.91 Å². The van der Waals surface area contributed by atoms with Gasteiger partial charge in [0.1, 0.15) is 5.75 Å². The molecule has 2 aromatic carbocycles. The molecule has 3 rings (SSSR count). The third-order valence-electron chi connectivity index (χ3n) is 5.16. The Morgan fingerprint density at radius 1 is 1.10 bits per heavy atom. The molecule has 6 heteroatoms. The van der Waals surface area contributed by atoms with Gasteiger partial charge in [-0.2, -0.15) is 0 Å². The summed E-state index contributed by atoms with van der Waals surface area (Å²) in [5, 5.41) is 3.25. The van der Waals surface area contributed by atoms with E-state index in [0.717, 1.165) is 31.7 Å². The van der Waals surface area contributed by atoms with Crippen LogP contribution in [0.15, 0.2) is 48.5 Å². The molecule has 0 aliphatic carbocycles. The lowest BCUT2D eigenvalue weighted by Gasteiger charge is -2.29. The molecule has 1 aliphatic heterocycles. The van der Waals surface area contributed by atoms with E-state index in [9.17, 15) is 9.59 Å². The van der Waals surface area contributed by atoms with Gasteiger partial charge in [-0.25, -0.2) is 0 Å². The molecule has 0 atom stereocenters. The molecule has 0 unspecified atom stereocenters. The van der Waals surface area contributed by atoms with Crippen LogP contribution in [0.3, 0.4) is 0 Å². The molecule has 1 saturated heterocycles. The summed E-state index contributed by atoms with van der Waals surface area (Å²) in [5.74, 6) is 0.638. The molecule has 2 aromatic rings. The number of carbonyl (C=O) groups is 2. The average Bonchev–Trinajstić information content (AvgIpc) is 2.77. The van der Waals surface area contributed by atoms with Crippen molar-refractivity contribution in [3.63, 3.8) is 0 Å². The third-order valence-corrected chi connectivity index (χ3v) is 5.16. The number of rotatable bonds is 7. The van der Waals surface area contributed by atoms with E-state index in [1.807, 2.05) is 48.2 Å². The molecular formula is C23H29N3O3. The van der Waals surface area contributed by atoms with Crippen LogP contribution in [0.25, 0.3) is 0 Å². The molecule has 1 aliphatic rings. The summed E-state index contributed by atoms with van der Waals surface area (Å²) in [7, 11) is 1.58. The second-order valence-corrected chi connectivity index (χ2v) is 7.33. The average molecular weight is 396 g/mol. The number of aryl methyl sites for hydroxylation is 1. The molecule has 154 valence electrons. The van der Waals surface area contributed by atoms with E-state index in [1.54, 1.807) is 24.1 Å². The van der Waals surface area contributed by atoms with E-state index in [-0.39, 0.29) is 11.8 Å². The standard InChI is InChI=1S/C23H29N3O3/c1-18-6-8-19(9-7-18)17-26(13-10-22(27)25-14-11-24-12-15-25)23(28)20-4-3-5-21(16-20)29-2/h3-9,16,24H,10-15,17H2,1-2H3. The van der Waals surface area contributed by atoms with Crippen LogP contribution in [-0.2, 0) is 11.3 Å². The highest BCUT2D eigenvalue weighted by Crippen LogP contribution is 2.17. The maximum atomic E-state index is 13.2. The van der Waals surface area contributed by atoms with Crippen molar-refractivity contribution in [1.29, 1.82) is 0 Å². The van der Waals surface area contributed by atoms with Crippen LogP contribution in [0.4, 0.5) is 0 Å². The van der Waals surface area contributed by atoms with Crippen LogP contribution in [0.5, 0.6) is 5.75 Å². The fourth-order valence-electron chi connectivity index (χ4n) is 3.41. The summed E-state index contributed by atoms with van der Waals surface area (Å²) < 4.78 is 5.26. The normalized spacial score (nSPS) is 13.8. The maximum absolute atomic E-state index is 13.2. The van der Waals surface area contributed by atoms with Gasteiger partial charge >= 0.3 is 0 Å². The van der Waals surface area contributed by atoms with Crippen LogP contribution in [0.1, 0.15) is 27.9 Å². The summed E-state index contributed by atoms with van der Waals surface area (Å²) in [6.45, 7) is 5.97. The number of piperazine rings is 1. The summed E-state index contributed by atoms with van der Waals surface area (Å²) in [4.78, 5) is 29.4. The third kappa shape index (κ3) is 5.81. The Morgan fingerprint density at radius 3 is 2.52 bits per heavy atom.